The summed E-state index contributed by atoms with van der Waals surface area (Å²) in [6, 6.07) is 17.4. The molecule has 3 N–H and O–H groups in total. The lowest BCUT2D eigenvalue weighted by molar-refractivity contribution is 0.0683. The number of hydrogen-bond donors (Lipinski definition) is 3. The van der Waals surface area contributed by atoms with E-state index in [-0.39, 0.29) is 11.1 Å². The standard InChI is InChI=1S/C23H13NO5/c25-21-17(13-11-15-7-3-1-4-8-15)19(22(26)27)24-20(23(28)29)18(21)14-12-16-9-5-2-6-10-16/h1-10H,(H,24,25)(H,26,27)(H,28,29). The summed E-state index contributed by atoms with van der Waals surface area (Å²) < 4.78 is 0. The molecule has 3 aromatic rings. The number of nitrogens with zero attached hydrogens (tertiary/aromatic N) is 1. The largest absolute Gasteiger partial charge is 0.505 e. The normalized spacial score (nSPS) is 9.52. The Kier molecular flexibility index (Phi) is 5.58. The van der Waals surface area contributed by atoms with E-state index in [9.17, 15) is 24.9 Å². The van der Waals surface area contributed by atoms with Crippen LogP contribution in [0.25, 0.3) is 0 Å². The van der Waals surface area contributed by atoms with Crippen molar-refractivity contribution in [2.75, 3.05) is 0 Å². The Balaban J connectivity index is 2.23. The summed E-state index contributed by atoms with van der Waals surface area (Å²) in [7, 11) is 0. The number of carboxylic acid groups (broad SMARTS) is 2. The van der Waals surface area contributed by atoms with Gasteiger partial charge in [0.05, 0.1) is 0 Å². The monoisotopic (exact) mass is 383 g/mol. The predicted octanol–water partition coefficient (Wildman–Crippen LogP) is 2.98. The van der Waals surface area contributed by atoms with Crippen LogP contribution in [-0.4, -0.2) is 32.2 Å². The minimum absolute atomic E-state index is 0.302. The molecule has 0 unspecified atom stereocenters. The van der Waals surface area contributed by atoms with Crippen molar-refractivity contribution in [2.24, 2.45) is 0 Å². The second-order valence-electron chi connectivity index (χ2n) is 5.75. The number of pyridine rings is 1. The molecule has 2 aromatic carbocycles. The highest BCUT2D eigenvalue weighted by Crippen LogP contribution is 2.27. The summed E-state index contributed by atoms with van der Waals surface area (Å²) in [6.07, 6.45) is 0. The molecule has 0 aliphatic heterocycles. The van der Waals surface area contributed by atoms with Crippen LogP contribution in [-0.2, 0) is 0 Å². The third-order valence-electron chi connectivity index (χ3n) is 3.79. The lowest BCUT2D eigenvalue weighted by Crippen LogP contribution is -2.13. The minimum Gasteiger partial charge on any atom is -0.505 e. The highest BCUT2D eigenvalue weighted by atomic mass is 16.4. The number of aromatic nitrogens is 1. The first kappa shape index (κ1) is 19.2. The smallest absolute Gasteiger partial charge is 0.355 e. The lowest BCUT2D eigenvalue weighted by Gasteiger charge is -2.07. The van der Waals surface area contributed by atoms with Crippen LogP contribution in [0.2, 0.25) is 0 Å². The van der Waals surface area contributed by atoms with E-state index in [2.05, 4.69) is 28.7 Å². The van der Waals surface area contributed by atoms with Crippen LogP contribution in [0.1, 0.15) is 43.2 Å². The van der Waals surface area contributed by atoms with Crippen molar-refractivity contribution in [2.45, 2.75) is 0 Å². The number of carboxylic acids is 2. The molecular weight excluding hydrogens is 370 g/mol. The molecule has 1 heterocycles. The van der Waals surface area contributed by atoms with Gasteiger partial charge in [0.15, 0.2) is 17.1 Å². The zero-order chi connectivity index (χ0) is 20.8. The molecule has 0 bridgehead atoms. The van der Waals surface area contributed by atoms with Crippen molar-refractivity contribution in [1.29, 1.82) is 0 Å². The van der Waals surface area contributed by atoms with Crippen molar-refractivity contribution in [1.82, 2.24) is 4.98 Å². The zero-order valence-electron chi connectivity index (χ0n) is 14.9. The minimum atomic E-state index is -1.51. The summed E-state index contributed by atoms with van der Waals surface area (Å²) in [5.41, 5.74) is -0.750. The first-order chi connectivity index (χ1) is 14.0. The van der Waals surface area contributed by atoms with Gasteiger partial charge in [-0.2, -0.15) is 0 Å². The highest BCUT2D eigenvalue weighted by Gasteiger charge is 2.25. The van der Waals surface area contributed by atoms with Gasteiger partial charge in [-0.25, -0.2) is 14.6 Å². The molecule has 29 heavy (non-hydrogen) atoms. The molecule has 0 saturated heterocycles. The molecule has 6 nitrogen and oxygen atoms in total. The van der Waals surface area contributed by atoms with E-state index in [1.165, 1.54) is 0 Å². The Morgan fingerprint density at radius 2 is 1.03 bits per heavy atom. The molecule has 3 rings (SSSR count). The fourth-order valence-corrected chi connectivity index (χ4v) is 2.43. The maximum Gasteiger partial charge on any atom is 0.355 e. The average Bonchev–Trinajstić information content (AvgIpc) is 2.72. The quantitative estimate of drug-likeness (QED) is 0.587. The number of rotatable bonds is 2. The maximum absolute atomic E-state index is 11.6. The highest BCUT2D eigenvalue weighted by molar-refractivity contribution is 5.96. The van der Waals surface area contributed by atoms with E-state index in [1.54, 1.807) is 60.7 Å². The van der Waals surface area contributed by atoms with E-state index in [4.69, 9.17) is 0 Å². The molecule has 1 aromatic heterocycles. The van der Waals surface area contributed by atoms with Gasteiger partial charge < -0.3 is 15.3 Å². The molecule has 0 spiro atoms. The SMILES string of the molecule is O=C(O)c1nc(C(=O)O)c(C#Cc2ccccc2)c(O)c1C#Cc1ccccc1. The van der Waals surface area contributed by atoms with Crippen molar-refractivity contribution in [3.8, 4) is 29.4 Å². The van der Waals surface area contributed by atoms with E-state index in [0.717, 1.165) is 0 Å². The lowest BCUT2D eigenvalue weighted by atomic mass is 10.0. The van der Waals surface area contributed by atoms with Crippen molar-refractivity contribution < 1.29 is 24.9 Å². The Morgan fingerprint density at radius 1 is 0.655 bits per heavy atom. The summed E-state index contributed by atoms with van der Waals surface area (Å²) >= 11 is 0. The average molecular weight is 383 g/mol. The molecule has 0 amide bonds. The van der Waals surface area contributed by atoms with E-state index < -0.39 is 29.1 Å². The summed E-state index contributed by atoms with van der Waals surface area (Å²) in [5, 5.41) is 29.5. The summed E-state index contributed by atoms with van der Waals surface area (Å²) in [5.74, 6) is 6.98. The molecule has 0 aliphatic carbocycles. The van der Waals surface area contributed by atoms with Gasteiger partial charge in [0, 0.05) is 11.1 Å². The number of carbonyl (C=O) groups is 2. The van der Waals surface area contributed by atoms with Gasteiger partial charge in [0.1, 0.15) is 11.1 Å². The van der Waals surface area contributed by atoms with E-state index in [1.807, 2.05) is 0 Å². The predicted molar refractivity (Wildman–Crippen MR) is 105 cm³/mol. The van der Waals surface area contributed by atoms with Crippen molar-refractivity contribution >= 4 is 11.9 Å². The van der Waals surface area contributed by atoms with Crippen LogP contribution in [0.3, 0.4) is 0 Å². The Morgan fingerprint density at radius 3 is 1.38 bits per heavy atom. The second kappa shape index (κ2) is 8.43. The first-order valence-electron chi connectivity index (χ1n) is 8.35. The Hall–Kier alpha value is -4.55. The third-order valence-corrected chi connectivity index (χ3v) is 3.79. The van der Waals surface area contributed by atoms with Gasteiger partial charge >= 0.3 is 11.9 Å². The van der Waals surface area contributed by atoms with Crippen LogP contribution in [0.5, 0.6) is 5.75 Å². The Labute approximate surface area is 166 Å². The van der Waals surface area contributed by atoms with Crippen molar-refractivity contribution in [3.05, 3.63) is 94.3 Å². The van der Waals surface area contributed by atoms with Crippen LogP contribution in [0.4, 0.5) is 0 Å². The fourth-order valence-electron chi connectivity index (χ4n) is 2.43. The van der Waals surface area contributed by atoms with Gasteiger partial charge in [0.25, 0.3) is 0 Å². The molecule has 140 valence electrons. The van der Waals surface area contributed by atoms with Crippen molar-refractivity contribution in [3.63, 3.8) is 0 Å². The Bertz CT molecular complexity index is 1120. The molecular formula is C23H13NO5. The number of benzene rings is 2. The number of hydrogen-bond acceptors (Lipinski definition) is 4. The molecule has 6 heteroatoms. The van der Waals surface area contributed by atoms with Crippen LogP contribution in [0, 0.1) is 23.7 Å². The van der Waals surface area contributed by atoms with E-state index >= 15 is 0 Å². The van der Waals surface area contributed by atoms with Gasteiger partial charge in [-0.15, -0.1) is 0 Å². The van der Waals surface area contributed by atoms with E-state index in [0.29, 0.717) is 11.1 Å². The third kappa shape index (κ3) is 4.41. The molecule has 0 aliphatic rings. The van der Waals surface area contributed by atoms with Gasteiger partial charge in [-0.1, -0.05) is 60.1 Å². The van der Waals surface area contributed by atoms with Crippen LogP contribution < -0.4 is 0 Å². The van der Waals surface area contributed by atoms with Gasteiger partial charge in [0.2, 0.25) is 0 Å². The second-order valence-corrected chi connectivity index (χ2v) is 5.75. The first-order valence-corrected chi connectivity index (χ1v) is 8.35. The molecule has 0 atom stereocenters. The molecule has 0 fully saturated rings. The maximum atomic E-state index is 11.6. The molecule has 0 saturated carbocycles. The number of aromatic carboxylic acids is 2. The van der Waals surface area contributed by atoms with Crippen LogP contribution >= 0.6 is 0 Å². The molecule has 0 radical (unpaired) electrons. The topological polar surface area (TPSA) is 108 Å². The fraction of sp³-hybridized carbons (Fsp3) is 0. The van der Waals surface area contributed by atoms with Gasteiger partial charge in [-0.3, -0.25) is 0 Å². The summed E-state index contributed by atoms with van der Waals surface area (Å²) in [4.78, 5) is 26.9. The zero-order valence-corrected chi connectivity index (χ0v) is 14.9. The van der Waals surface area contributed by atoms with Gasteiger partial charge in [-0.05, 0) is 24.3 Å². The van der Waals surface area contributed by atoms with Crippen LogP contribution in [0.15, 0.2) is 60.7 Å². The number of aromatic hydroxyl groups is 1. The summed E-state index contributed by atoms with van der Waals surface area (Å²) in [6.45, 7) is 0.